The predicted octanol–water partition coefficient (Wildman–Crippen LogP) is 3.76. The second-order valence-corrected chi connectivity index (χ2v) is 7.06. The zero-order chi connectivity index (χ0) is 12.7. The van der Waals surface area contributed by atoms with Crippen molar-refractivity contribution in [2.75, 3.05) is 6.61 Å². The van der Waals surface area contributed by atoms with E-state index in [1.807, 2.05) is 0 Å². The van der Waals surface area contributed by atoms with Crippen molar-refractivity contribution in [3.05, 3.63) is 0 Å². The van der Waals surface area contributed by atoms with Gasteiger partial charge in [0.15, 0.2) is 0 Å². The van der Waals surface area contributed by atoms with E-state index in [4.69, 9.17) is 9.79 Å². The van der Waals surface area contributed by atoms with Gasteiger partial charge in [0.2, 0.25) is 0 Å². The Labute approximate surface area is 102 Å². The van der Waals surface area contributed by atoms with Gasteiger partial charge in [-0.3, -0.25) is 4.67 Å². The molecule has 0 aromatic rings. The van der Waals surface area contributed by atoms with Gasteiger partial charge in [0.1, 0.15) is 8.30 Å². The summed E-state index contributed by atoms with van der Waals surface area (Å²) < 4.78 is 8.32. The van der Waals surface area contributed by atoms with Gasteiger partial charge < -0.3 is 4.52 Å². The summed E-state index contributed by atoms with van der Waals surface area (Å²) >= 11 is 0. The maximum Gasteiger partial charge on any atom is 0.107 e. The van der Waals surface area contributed by atoms with Crippen LogP contribution in [0.15, 0.2) is 0 Å². The van der Waals surface area contributed by atoms with Gasteiger partial charge in [-0.05, 0) is 27.7 Å². The number of hydrogen-bond donors (Lipinski definition) is 0. The van der Waals surface area contributed by atoms with Gasteiger partial charge in [-0.1, -0.05) is 13.8 Å². The molecular weight excluding hydrogens is 219 g/mol. The van der Waals surface area contributed by atoms with Gasteiger partial charge in [-0.25, -0.2) is 0 Å². The Bertz CT molecular complexity index is 216. The maximum atomic E-state index is 8.54. The SMILES string of the molecule is CC(C)N(C(C)C)P(OCCC#N)C(C)C. The summed E-state index contributed by atoms with van der Waals surface area (Å²) in [7, 11) is -0.591. The smallest absolute Gasteiger partial charge is 0.107 e. The third-order valence-corrected chi connectivity index (χ3v) is 4.87. The minimum atomic E-state index is -0.591. The molecule has 0 radical (unpaired) electrons. The number of nitrogens with zero attached hydrogens (tertiary/aromatic N) is 2. The molecule has 0 aromatic heterocycles. The normalized spacial score (nSPS) is 13.8. The molecule has 0 heterocycles. The summed E-state index contributed by atoms with van der Waals surface area (Å²) in [4.78, 5) is 0. The molecule has 16 heavy (non-hydrogen) atoms. The highest BCUT2D eigenvalue weighted by Crippen LogP contribution is 2.48. The maximum absolute atomic E-state index is 8.54. The zero-order valence-corrected chi connectivity index (χ0v) is 12.3. The number of rotatable bonds is 7. The summed E-state index contributed by atoms with van der Waals surface area (Å²) in [5.74, 6) is 0. The van der Waals surface area contributed by atoms with Gasteiger partial charge in [0, 0.05) is 17.7 Å². The molecule has 3 nitrogen and oxygen atoms in total. The lowest BCUT2D eigenvalue weighted by molar-refractivity contribution is 0.253. The molecule has 4 heteroatoms. The minimum absolute atomic E-state index is 0.482. The topological polar surface area (TPSA) is 36.3 Å². The van der Waals surface area contributed by atoms with E-state index in [2.05, 4.69) is 52.3 Å². The van der Waals surface area contributed by atoms with Crippen LogP contribution in [0.5, 0.6) is 0 Å². The monoisotopic (exact) mass is 244 g/mol. The first-order valence-electron chi connectivity index (χ1n) is 5.99. The van der Waals surface area contributed by atoms with Crippen molar-refractivity contribution in [3.63, 3.8) is 0 Å². The summed E-state index contributed by atoms with van der Waals surface area (Å²) in [5, 5.41) is 8.54. The Morgan fingerprint density at radius 1 is 1.12 bits per heavy atom. The van der Waals surface area contributed by atoms with Crippen LogP contribution in [0.1, 0.15) is 48.0 Å². The molecule has 0 amide bonds. The van der Waals surface area contributed by atoms with E-state index in [9.17, 15) is 0 Å². The third-order valence-electron chi connectivity index (χ3n) is 2.16. The van der Waals surface area contributed by atoms with Crippen molar-refractivity contribution in [3.8, 4) is 6.07 Å². The molecule has 0 bridgehead atoms. The molecule has 0 saturated heterocycles. The van der Waals surface area contributed by atoms with Gasteiger partial charge in [-0.15, -0.1) is 0 Å². The molecule has 0 aliphatic heterocycles. The van der Waals surface area contributed by atoms with E-state index in [1.54, 1.807) is 0 Å². The summed E-state index contributed by atoms with van der Waals surface area (Å²) in [5.41, 5.74) is 0.499. The highest BCUT2D eigenvalue weighted by atomic mass is 31.2. The Morgan fingerprint density at radius 2 is 1.62 bits per heavy atom. The number of hydrogen-bond acceptors (Lipinski definition) is 3. The first kappa shape index (κ1) is 15.8. The molecule has 0 aliphatic carbocycles. The molecule has 0 aromatic carbocycles. The largest absolute Gasteiger partial charge is 0.342 e. The lowest BCUT2D eigenvalue weighted by atomic mass is 10.3. The average molecular weight is 244 g/mol. The van der Waals surface area contributed by atoms with Crippen LogP contribution in [-0.4, -0.2) is 29.0 Å². The van der Waals surface area contributed by atoms with Crippen molar-refractivity contribution in [1.82, 2.24) is 4.67 Å². The van der Waals surface area contributed by atoms with E-state index in [1.165, 1.54) is 0 Å². The Morgan fingerprint density at radius 3 is 1.94 bits per heavy atom. The van der Waals surface area contributed by atoms with Crippen LogP contribution in [-0.2, 0) is 4.52 Å². The van der Waals surface area contributed by atoms with Crippen molar-refractivity contribution in [2.45, 2.75) is 65.7 Å². The fourth-order valence-corrected chi connectivity index (χ4v) is 3.87. The second-order valence-electron chi connectivity index (χ2n) is 4.71. The molecule has 0 saturated carbocycles. The first-order chi connectivity index (χ1) is 7.41. The van der Waals surface area contributed by atoms with E-state index >= 15 is 0 Å². The molecule has 94 valence electrons. The van der Waals surface area contributed by atoms with Gasteiger partial charge in [-0.2, -0.15) is 5.26 Å². The molecule has 1 unspecified atom stereocenters. The molecule has 0 N–H and O–H groups in total. The van der Waals surface area contributed by atoms with Crippen molar-refractivity contribution < 1.29 is 4.52 Å². The second kappa shape index (κ2) is 8.01. The van der Waals surface area contributed by atoms with Gasteiger partial charge >= 0.3 is 0 Å². The molecule has 0 fully saturated rings. The highest BCUT2D eigenvalue weighted by molar-refractivity contribution is 7.50. The average Bonchev–Trinajstić information content (AvgIpc) is 2.14. The van der Waals surface area contributed by atoms with Gasteiger partial charge in [0.25, 0.3) is 0 Å². The molecule has 0 spiro atoms. The number of nitriles is 1. The van der Waals surface area contributed by atoms with Crippen LogP contribution in [0.25, 0.3) is 0 Å². The Hall–Kier alpha value is -0.160. The quantitative estimate of drug-likeness (QED) is 0.505. The molecule has 1 atom stereocenters. The molecular formula is C12H25N2OP. The standard InChI is InChI=1S/C12H25N2OP/c1-10(2)14(11(3)4)16(12(5)6)15-9-7-8-13/h10-12H,7,9H2,1-6H3. The van der Waals surface area contributed by atoms with Crippen LogP contribution >= 0.6 is 8.30 Å². The van der Waals surface area contributed by atoms with Gasteiger partial charge in [0.05, 0.1) is 19.1 Å². The van der Waals surface area contributed by atoms with Crippen molar-refractivity contribution in [1.29, 1.82) is 5.26 Å². The first-order valence-corrected chi connectivity index (χ1v) is 7.27. The Kier molecular flexibility index (Phi) is 7.93. The predicted molar refractivity (Wildman–Crippen MR) is 70.3 cm³/mol. The lowest BCUT2D eigenvalue weighted by Crippen LogP contribution is -2.35. The van der Waals surface area contributed by atoms with Crippen LogP contribution in [0.3, 0.4) is 0 Å². The molecule has 0 rings (SSSR count). The van der Waals surface area contributed by atoms with E-state index in [-0.39, 0.29) is 0 Å². The molecule has 0 aliphatic rings. The van der Waals surface area contributed by atoms with E-state index in [0.29, 0.717) is 30.8 Å². The van der Waals surface area contributed by atoms with E-state index < -0.39 is 8.30 Å². The summed E-state index contributed by atoms with van der Waals surface area (Å²) in [6.07, 6.45) is 0.482. The minimum Gasteiger partial charge on any atom is -0.342 e. The van der Waals surface area contributed by atoms with E-state index in [0.717, 1.165) is 0 Å². The summed E-state index contributed by atoms with van der Waals surface area (Å²) in [6.45, 7) is 13.7. The van der Waals surface area contributed by atoms with Crippen LogP contribution in [0.2, 0.25) is 0 Å². The van der Waals surface area contributed by atoms with Crippen LogP contribution in [0.4, 0.5) is 0 Å². The fourth-order valence-electron chi connectivity index (χ4n) is 1.72. The zero-order valence-electron chi connectivity index (χ0n) is 11.4. The van der Waals surface area contributed by atoms with Crippen molar-refractivity contribution >= 4 is 8.30 Å². The van der Waals surface area contributed by atoms with Crippen LogP contribution in [0, 0.1) is 11.3 Å². The lowest BCUT2D eigenvalue weighted by Gasteiger charge is -2.39. The summed E-state index contributed by atoms with van der Waals surface area (Å²) in [6, 6.07) is 3.09. The Balaban J connectivity index is 4.53. The van der Waals surface area contributed by atoms with Crippen LogP contribution < -0.4 is 0 Å². The third kappa shape index (κ3) is 5.25. The fraction of sp³-hybridized carbons (Fsp3) is 0.917. The highest BCUT2D eigenvalue weighted by Gasteiger charge is 2.27. The van der Waals surface area contributed by atoms with Crippen molar-refractivity contribution in [2.24, 2.45) is 0 Å².